The largest absolute Gasteiger partial charge is 0.478 e. The van der Waals surface area contributed by atoms with Gasteiger partial charge in [-0.1, -0.05) is 13.8 Å². The second-order valence-corrected chi connectivity index (χ2v) is 8.43. The topological polar surface area (TPSA) is 95.7 Å². The number of hydrazine groups is 1. The van der Waals surface area contributed by atoms with Crippen LogP contribution in [0.4, 0.5) is 5.00 Å². The number of carboxylic acids is 1. The van der Waals surface area contributed by atoms with Gasteiger partial charge in [-0.05, 0) is 36.7 Å². The van der Waals surface area contributed by atoms with Gasteiger partial charge in [0.05, 0.1) is 11.5 Å². The molecule has 7 heteroatoms. The van der Waals surface area contributed by atoms with Crippen molar-refractivity contribution in [2.24, 2.45) is 17.2 Å². The van der Waals surface area contributed by atoms with Gasteiger partial charge in [-0.2, -0.15) is 0 Å². The van der Waals surface area contributed by atoms with Crippen molar-refractivity contribution < 1.29 is 14.7 Å². The number of aryl methyl sites for hydroxylation is 1. The van der Waals surface area contributed by atoms with Crippen molar-refractivity contribution in [1.29, 1.82) is 0 Å². The standard InChI is InChI=1S/C16H23N3O3S/c1-16(2)5-3-11-10(7-16)12(15(21)22)14(23-11)18-13(20)9-4-6-19(17)8-9/h9H,3-8,17H2,1-2H3,(H,18,20)(H,21,22)/t9-/m0/s1. The first kappa shape index (κ1) is 16.4. The lowest BCUT2D eigenvalue weighted by Gasteiger charge is -2.29. The number of fused-ring (bicyclic) bond motifs is 1. The maximum absolute atomic E-state index is 12.4. The van der Waals surface area contributed by atoms with Crippen LogP contribution in [-0.4, -0.2) is 35.1 Å². The van der Waals surface area contributed by atoms with Crippen LogP contribution in [0.15, 0.2) is 0 Å². The first-order valence-corrected chi connectivity index (χ1v) is 8.77. The predicted octanol–water partition coefficient (Wildman–Crippen LogP) is 2.10. The molecule has 1 aromatic rings. The molecule has 2 heterocycles. The fourth-order valence-electron chi connectivity index (χ4n) is 3.45. The molecule has 6 nitrogen and oxygen atoms in total. The van der Waals surface area contributed by atoms with Crippen LogP contribution in [0.5, 0.6) is 0 Å². The summed E-state index contributed by atoms with van der Waals surface area (Å²) >= 11 is 1.42. The zero-order chi connectivity index (χ0) is 16.8. The zero-order valence-corrected chi connectivity index (χ0v) is 14.3. The lowest BCUT2D eigenvalue weighted by atomic mass is 9.76. The zero-order valence-electron chi connectivity index (χ0n) is 13.5. The summed E-state index contributed by atoms with van der Waals surface area (Å²) in [7, 11) is 0. The van der Waals surface area contributed by atoms with Crippen molar-refractivity contribution in [1.82, 2.24) is 5.01 Å². The number of rotatable bonds is 3. The molecule has 4 N–H and O–H groups in total. The van der Waals surface area contributed by atoms with Gasteiger partial charge in [0.25, 0.3) is 0 Å². The molecule has 1 aromatic heterocycles. The van der Waals surface area contributed by atoms with Gasteiger partial charge in [-0.25, -0.2) is 9.80 Å². The van der Waals surface area contributed by atoms with Gasteiger partial charge in [0.15, 0.2) is 0 Å². The molecule has 1 fully saturated rings. The Kier molecular flexibility index (Phi) is 4.20. The highest BCUT2D eigenvalue weighted by molar-refractivity contribution is 7.17. The molecule has 126 valence electrons. The molecule has 1 aliphatic heterocycles. The Morgan fingerprint density at radius 3 is 2.78 bits per heavy atom. The first-order chi connectivity index (χ1) is 10.8. The van der Waals surface area contributed by atoms with Gasteiger partial charge in [0.1, 0.15) is 5.00 Å². The number of amides is 1. The number of carboxylic acid groups (broad SMARTS) is 1. The summed E-state index contributed by atoms with van der Waals surface area (Å²) in [5, 5.41) is 14.6. The van der Waals surface area contributed by atoms with E-state index in [4.69, 9.17) is 5.84 Å². The van der Waals surface area contributed by atoms with Crippen LogP contribution in [0.1, 0.15) is 47.5 Å². The van der Waals surface area contributed by atoms with Crippen molar-refractivity contribution in [2.45, 2.75) is 39.5 Å². The highest BCUT2D eigenvalue weighted by atomic mass is 32.1. The Morgan fingerprint density at radius 2 is 2.17 bits per heavy atom. The minimum atomic E-state index is -0.956. The number of nitrogens with two attached hydrogens (primary N) is 1. The number of nitrogens with one attached hydrogen (secondary N) is 1. The van der Waals surface area contributed by atoms with Crippen LogP contribution in [-0.2, 0) is 17.6 Å². The number of anilines is 1. The number of carbonyl (C=O) groups excluding carboxylic acids is 1. The summed E-state index contributed by atoms with van der Waals surface area (Å²) in [6.45, 7) is 5.53. The van der Waals surface area contributed by atoms with E-state index < -0.39 is 5.97 Å². The van der Waals surface area contributed by atoms with Crippen LogP contribution in [0.25, 0.3) is 0 Å². The monoisotopic (exact) mass is 337 g/mol. The second kappa shape index (κ2) is 5.89. The molecule has 23 heavy (non-hydrogen) atoms. The van der Waals surface area contributed by atoms with Gasteiger partial charge < -0.3 is 10.4 Å². The maximum Gasteiger partial charge on any atom is 0.339 e. The molecule has 0 unspecified atom stereocenters. The summed E-state index contributed by atoms with van der Waals surface area (Å²) in [5.41, 5.74) is 1.29. The average molecular weight is 337 g/mol. The van der Waals surface area contributed by atoms with E-state index in [1.807, 2.05) is 0 Å². The highest BCUT2D eigenvalue weighted by Gasteiger charge is 2.34. The summed E-state index contributed by atoms with van der Waals surface area (Å²) < 4.78 is 0. The minimum Gasteiger partial charge on any atom is -0.478 e. The molecule has 3 rings (SSSR count). The highest BCUT2D eigenvalue weighted by Crippen LogP contribution is 2.43. The van der Waals surface area contributed by atoms with E-state index in [0.717, 1.165) is 29.7 Å². The Balaban J connectivity index is 1.86. The van der Waals surface area contributed by atoms with E-state index in [1.165, 1.54) is 11.3 Å². The average Bonchev–Trinajstić information content (AvgIpc) is 3.01. The van der Waals surface area contributed by atoms with Gasteiger partial charge >= 0.3 is 5.97 Å². The lowest BCUT2D eigenvalue weighted by Crippen LogP contribution is -2.31. The minimum absolute atomic E-state index is 0.102. The van der Waals surface area contributed by atoms with E-state index in [0.29, 0.717) is 24.5 Å². The Labute approximate surface area is 139 Å². The number of carbonyl (C=O) groups is 2. The van der Waals surface area contributed by atoms with Crippen molar-refractivity contribution in [3.05, 3.63) is 16.0 Å². The summed E-state index contributed by atoms with van der Waals surface area (Å²) in [6.07, 6.45) is 3.38. The third kappa shape index (κ3) is 3.27. The number of aromatic carboxylic acids is 1. The van der Waals surface area contributed by atoms with Gasteiger partial charge in [-0.3, -0.25) is 10.6 Å². The van der Waals surface area contributed by atoms with Crippen LogP contribution in [0.2, 0.25) is 0 Å². The SMILES string of the molecule is CC1(C)CCc2sc(NC(=O)[C@H]3CCN(N)C3)c(C(=O)O)c2C1. The maximum atomic E-state index is 12.4. The van der Waals surface area contributed by atoms with Gasteiger partial charge in [0.2, 0.25) is 5.91 Å². The summed E-state index contributed by atoms with van der Waals surface area (Å²) in [5.74, 6) is 4.45. The Morgan fingerprint density at radius 1 is 1.43 bits per heavy atom. The molecule has 0 saturated carbocycles. The molecule has 2 aliphatic rings. The molecular weight excluding hydrogens is 314 g/mol. The molecule has 1 amide bonds. The van der Waals surface area contributed by atoms with Crippen molar-refractivity contribution in [3.63, 3.8) is 0 Å². The number of thiophene rings is 1. The van der Waals surface area contributed by atoms with Gasteiger partial charge in [0, 0.05) is 18.0 Å². The van der Waals surface area contributed by atoms with Crippen molar-refractivity contribution in [2.75, 3.05) is 18.4 Å². The molecular formula is C16H23N3O3S. The number of hydrogen-bond acceptors (Lipinski definition) is 5. The summed E-state index contributed by atoms with van der Waals surface area (Å²) in [6, 6.07) is 0. The molecule has 1 saturated heterocycles. The van der Waals surface area contributed by atoms with E-state index >= 15 is 0 Å². The molecule has 0 bridgehead atoms. The van der Waals surface area contributed by atoms with E-state index in [2.05, 4.69) is 19.2 Å². The molecule has 1 atom stereocenters. The van der Waals surface area contributed by atoms with E-state index in [1.54, 1.807) is 5.01 Å². The summed E-state index contributed by atoms with van der Waals surface area (Å²) in [4.78, 5) is 25.2. The number of hydrogen-bond donors (Lipinski definition) is 3. The van der Waals surface area contributed by atoms with Crippen LogP contribution >= 0.6 is 11.3 Å². The Hall–Kier alpha value is -1.44. The van der Waals surface area contributed by atoms with Crippen LogP contribution < -0.4 is 11.2 Å². The fourth-order valence-corrected chi connectivity index (χ4v) is 4.66. The molecule has 0 spiro atoms. The lowest BCUT2D eigenvalue weighted by molar-refractivity contribution is -0.119. The molecule has 1 aliphatic carbocycles. The molecule has 0 radical (unpaired) electrons. The molecule has 0 aromatic carbocycles. The smallest absolute Gasteiger partial charge is 0.339 e. The van der Waals surface area contributed by atoms with Crippen molar-refractivity contribution in [3.8, 4) is 0 Å². The second-order valence-electron chi connectivity index (χ2n) is 7.32. The quantitative estimate of drug-likeness (QED) is 0.734. The van der Waals surface area contributed by atoms with E-state index in [9.17, 15) is 14.7 Å². The van der Waals surface area contributed by atoms with E-state index in [-0.39, 0.29) is 22.8 Å². The fraction of sp³-hybridized carbons (Fsp3) is 0.625. The first-order valence-electron chi connectivity index (χ1n) is 7.95. The predicted molar refractivity (Wildman–Crippen MR) is 89.6 cm³/mol. The van der Waals surface area contributed by atoms with Crippen LogP contribution in [0.3, 0.4) is 0 Å². The van der Waals surface area contributed by atoms with Crippen molar-refractivity contribution >= 4 is 28.2 Å². The number of nitrogens with zero attached hydrogens (tertiary/aromatic N) is 1. The van der Waals surface area contributed by atoms with Crippen LogP contribution in [0, 0.1) is 11.3 Å². The third-order valence-electron chi connectivity index (χ3n) is 4.82. The normalized spacial score (nSPS) is 23.5. The van der Waals surface area contributed by atoms with Gasteiger partial charge in [-0.15, -0.1) is 11.3 Å². The third-order valence-corrected chi connectivity index (χ3v) is 6.02. The Bertz CT molecular complexity index is 653.